The number of carboxylic acid groups (broad SMARTS) is 1. The number of nitrogens with zero attached hydrogens (tertiary/aromatic N) is 4. The van der Waals surface area contributed by atoms with Crippen molar-refractivity contribution in [2.45, 2.75) is 25.9 Å². The lowest BCUT2D eigenvalue weighted by Crippen LogP contribution is -2.47. The van der Waals surface area contributed by atoms with Gasteiger partial charge in [0.05, 0.1) is 5.75 Å². The molecule has 1 amide bonds. The van der Waals surface area contributed by atoms with Gasteiger partial charge in [0.2, 0.25) is 15.9 Å². The molecular formula is C19H36F3N5O5S. The first-order valence-corrected chi connectivity index (χ1v) is 12.6. The molecule has 194 valence electrons. The van der Waals surface area contributed by atoms with E-state index in [0.29, 0.717) is 26.2 Å². The highest BCUT2D eigenvalue weighted by Crippen LogP contribution is 2.13. The number of carboxylic acids is 1. The van der Waals surface area contributed by atoms with E-state index in [9.17, 15) is 26.4 Å². The van der Waals surface area contributed by atoms with Gasteiger partial charge >= 0.3 is 12.1 Å². The maximum absolute atomic E-state index is 12.4. The quantitative estimate of drug-likeness (QED) is 0.442. The fourth-order valence-electron chi connectivity index (χ4n) is 3.41. The van der Waals surface area contributed by atoms with Crippen LogP contribution in [0.4, 0.5) is 13.2 Å². The molecule has 0 bridgehead atoms. The van der Waals surface area contributed by atoms with Crippen LogP contribution in [0.1, 0.15) is 19.8 Å². The number of sulfonamides is 1. The average molecular weight is 504 g/mol. The monoisotopic (exact) mass is 503 g/mol. The summed E-state index contributed by atoms with van der Waals surface area (Å²) in [4.78, 5) is 27.8. The fraction of sp³-hybridized carbons (Fsp3) is 0.895. The van der Waals surface area contributed by atoms with Crippen molar-refractivity contribution in [3.63, 3.8) is 0 Å². The van der Waals surface area contributed by atoms with Crippen molar-refractivity contribution in [2.24, 2.45) is 0 Å². The SMILES string of the molecule is CCS(=O)(=O)N(CCCN1CCN(C)CC1)CCC(=O)N1CCNCC1.O=C(O)C(F)(F)F. The lowest BCUT2D eigenvalue weighted by molar-refractivity contribution is -0.192. The van der Waals surface area contributed by atoms with Crippen molar-refractivity contribution in [1.29, 1.82) is 0 Å². The second kappa shape index (κ2) is 14.0. The highest BCUT2D eigenvalue weighted by atomic mass is 32.2. The number of aliphatic carboxylic acids is 1. The van der Waals surface area contributed by atoms with Crippen LogP contribution < -0.4 is 5.32 Å². The summed E-state index contributed by atoms with van der Waals surface area (Å²) in [6.45, 7) is 10.6. The maximum Gasteiger partial charge on any atom is 0.490 e. The molecule has 2 aliphatic heterocycles. The summed E-state index contributed by atoms with van der Waals surface area (Å²) in [6, 6.07) is 0. The number of hydrogen-bond acceptors (Lipinski definition) is 7. The van der Waals surface area contributed by atoms with Crippen LogP contribution in [0.25, 0.3) is 0 Å². The third-order valence-electron chi connectivity index (χ3n) is 5.52. The van der Waals surface area contributed by atoms with Crippen LogP contribution in [0, 0.1) is 0 Å². The molecule has 0 aromatic heterocycles. The van der Waals surface area contributed by atoms with Crippen LogP contribution in [-0.4, -0.2) is 135 Å². The van der Waals surface area contributed by atoms with Crippen LogP contribution in [0.5, 0.6) is 0 Å². The number of hydrogen-bond donors (Lipinski definition) is 2. The zero-order chi connectivity index (χ0) is 25.1. The first-order chi connectivity index (χ1) is 15.4. The predicted molar refractivity (Wildman–Crippen MR) is 117 cm³/mol. The van der Waals surface area contributed by atoms with E-state index in [0.717, 1.165) is 52.2 Å². The lowest BCUT2D eigenvalue weighted by Gasteiger charge is -2.33. The van der Waals surface area contributed by atoms with Gasteiger partial charge in [0, 0.05) is 71.9 Å². The maximum atomic E-state index is 12.4. The number of amides is 1. The predicted octanol–water partition coefficient (Wildman–Crippen LogP) is -0.269. The molecule has 2 heterocycles. The van der Waals surface area contributed by atoms with Crippen molar-refractivity contribution in [3.8, 4) is 0 Å². The highest BCUT2D eigenvalue weighted by molar-refractivity contribution is 7.89. The van der Waals surface area contributed by atoms with Gasteiger partial charge in [-0.2, -0.15) is 13.2 Å². The largest absolute Gasteiger partial charge is 0.490 e. The number of alkyl halides is 3. The van der Waals surface area contributed by atoms with E-state index in [-0.39, 0.29) is 18.1 Å². The first kappa shape index (κ1) is 29.6. The van der Waals surface area contributed by atoms with Crippen molar-refractivity contribution in [2.75, 3.05) is 84.8 Å². The molecule has 0 aromatic rings. The van der Waals surface area contributed by atoms with Gasteiger partial charge in [0.25, 0.3) is 0 Å². The van der Waals surface area contributed by atoms with Gasteiger partial charge in [0.1, 0.15) is 0 Å². The van der Waals surface area contributed by atoms with E-state index in [1.54, 1.807) is 6.92 Å². The van der Waals surface area contributed by atoms with Crippen LogP contribution in [0.15, 0.2) is 0 Å². The third kappa shape index (κ3) is 11.5. The van der Waals surface area contributed by atoms with Gasteiger partial charge in [-0.1, -0.05) is 0 Å². The van der Waals surface area contributed by atoms with E-state index in [1.807, 2.05) is 4.90 Å². The Morgan fingerprint density at radius 3 is 2.06 bits per heavy atom. The number of piperazine rings is 2. The van der Waals surface area contributed by atoms with Crippen LogP contribution in [0.3, 0.4) is 0 Å². The molecular weight excluding hydrogens is 467 g/mol. The number of carbonyl (C=O) groups is 2. The van der Waals surface area contributed by atoms with Gasteiger partial charge in [-0.25, -0.2) is 17.5 Å². The average Bonchev–Trinajstić information content (AvgIpc) is 2.77. The third-order valence-corrected chi connectivity index (χ3v) is 7.40. The molecule has 0 radical (unpaired) electrons. The standard InChI is InChI=1S/C17H35N5O3S.C2HF3O2/c1-3-26(24,25)22(9-4-8-20-15-13-19(2)14-16-20)10-5-17(23)21-11-6-18-7-12-21;3-2(4,5)1(6)7/h18H,3-16H2,1-2H3;(H,6,7). The molecule has 0 saturated carbocycles. The zero-order valence-electron chi connectivity index (χ0n) is 19.3. The van der Waals surface area contributed by atoms with Crippen molar-refractivity contribution in [1.82, 2.24) is 24.3 Å². The molecule has 0 aliphatic carbocycles. The second-order valence-electron chi connectivity index (χ2n) is 7.98. The van der Waals surface area contributed by atoms with Crippen LogP contribution in [0.2, 0.25) is 0 Å². The molecule has 33 heavy (non-hydrogen) atoms. The molecule has 2 rings (SSSR count). The van der Waals surface area contributed by atoms with Crippen LogP contribution in [-0.2, 0) is 19.6 Å². The summed E-state index contributed by atoms with van der Waals surface area (Å²) in [7, 11) is -1.15. The Balaban J connectivity index is 0.000000675. The van der Waals surface area contributed by atoms with E-state index >= 15 is 0 Å². The molecule has 10 nitrogen and oxygen atoms in total. The molecule has 2 aliphatic rings. The minimum Gasteiger partial charge on any atom is -0.475 e. The summed E-state index contributed by atoms with van der Waals surface area (Å²) >= 11 is 0. The molecule has 14 heteroatoms. The highest BCUT2D eigenvalue weighted by Gasteiger charge is 2.38. The van der Waals surface area contributed by atoms with Crippen LogP contribution >= 0.6 is 0 Å². The van der Waals surface area contributed by atoms with E-state index in [4.69, 9.17) is 9.90 Å². The van der Waals surface area contributed by atoms with Gasteiger partial charge in [-0.15, -0.1) is 0 Å². The smallest absolute Gasteiger partial charge is 0.475 e. The van der Waals surface area contributed by atoms with Crippen molar-refractivity contribution < 1.29 is 36.3 Å². The van der Waals surface area contributed by atoms with Crippen molar-refractivity contribution in [3.05, 3.63) is 0 Å². The van der Waals surface area contributed by atoms with Gasteiger partial charge in [-0.3, -0.25) is 4.79 Å². The first-order valence-electron chi connectivity index (χ1n) is 11.0. The van der Waals surface area contributed by atoms with Gasteiger partial charge < -0.3 is 25.1 Å². The Hall–Kier alpha value is -1.48. The Labute approximate surface area is 193 Å². The topological polar surface area (TPSA) is 114 Å². The lowest BCUT2D eigenvalue weighted by atomic mass is 10.3. The Kier molecular flexibility index (Phi) is 12.6. The molecule has 0 aromatic carbocycles. The Bertz CT molecular complexity index is 709. The molecule has 0 unspecified atom stereocenters. The number of carbonyl (C=O) groups excluding carboxylic acids is 1. The van der Waals surface area contributed by atoms with Gasteiger partial charge in [0.15, 0.2) is 0 Å². The number of halogens is 3. The molecule has 0 spiro atoms. The summed E-state index contributed by atoms with van der Waals surface area (Å²) in [5, 5.41) is 10.3. The summed E-state index contributed by atoms with van der Waals surface area (Å²) in [6.07, 6.45) is -4.00. The number of likely N-dealkylation sites (N-methyl/N-ethyl adjacent to an activating group) is 1. The normalized spacial score (nSPS) is 18.7. The molecule has 0 atom stereocenters. The molecule has 2 saturated heterocycles. The zero-order valence-corrected chi connectivity index (χ0v) is 20.1. The Morgan fingerprint density at radius 1 is 1.03 bits per heavy atom. The fourth-order valence-corrected chi connectivity index (χ4v) is 4.55. The molecule has 2 fully saturated rings. The second-order valence-corrected chi connectivity index (χ2v) is 10.2. The molecule has 2 N–H and O–H groups in total. The summed E-state index contributed by atoms with van der Waals surface area (Å²) in [5.41, 5.74) is 0. The minimum absolute atomic E-state index is 0.0573. The number of rotatable bonds is 9. The van der Waals surface area contributed by atoms with Gasteiger partial charge in [-0.05, 0) is 26.9 Å². The van der Waals surface area contributed by atoms with E-state index in [2.05, 4.69) is 22.2 Å². The summed E-state index contributed by atoms with van der Waals surface area (Å²) < 4.78 is 58.0. The van der Waals surface area contributed by atoms with E-state index < -0.39 is 22.2 Å². The summed E-state index contributed by atoms with van der Waals surface area (Å²) in [5.74, 6) is -2.61. The van der Waals surface area contributed by atoms with Crippen molar-refractivity contribution >= 4 is 21.9 Å². The number of nitrogens with one attached hydrogen (secondary N) is 1. The van der Waals surface area contributed by atoms with E-state index in [1.165, 1.54) is 4.31 Å². The Morgan fingerprint density at radius 2 is 1.58 bits per heavy atom. The minimum atomic E-state index is -5.08.